The molecule has 10 nitrogen and oxygen atoms in total. The molecule has 1 atom stereocenters. The summed E-state index contributed by atoms with van der Waals surface area (Å²) in [4.78, 5) is 31.4. The summed E-state index contributed by atoms with van der Waals surface area (Å²) in [6.07, 6.45) is -0.609. The molecule has 2 aromatic rings. The largest absolute Gasteiger partial charge is 0.485 e. The average molecular weight is 399 g/mol. The molecule has 1 fully saturated rings. The van der Waals surface area contributed by atoms with Gasteiger partial charge in [0.1, 0.15) is 12.4 Å². The van der Waals surface area contributed by atoms with Gasteiger partial charge in [0.05, 0.1) is 6.54 Å². The van der Waals surface area contributed by atoms with Crippen molar-refractivity contribution >= 4 is 17.8 Å². The van der Waals surface area contributed by atoms with Crippen LogP contribution in [-0.2, 0) is 11.3 Å². The number of anilines is 2. The number of nitrogens with two attached hydrogens (primary N) is 1. The van der Waals surface area contributed by atoms with Crippen LogP contribution in [0.5, 0.6) is 11.5 Å². The lowest BCUT2D eigenvalue weighted by atomic mass is 10.2. The molecule has 4 rings (SSSR count). The van der Waals surface area contributed by atoms with Crippen molar-refractivity contribution < 1.29 is 14.3 Å². The molecule has 0 spiro atoms. The average Bonchev–Trinajstić information content (AvgIpc) is 2.73. The first-order valence-electron chi connectivity index (χ1n) is 9.57. The quantitative estimate of drug-likeness (QED) is 0.760. The maximum atomic E-state index is 12.8. The molecule has 2 aliphatic rings. The van der Waals surface area contributed by atoms with Gasteiger partial charge in [-0.1, -0.05) is 12.1 Å². The second-order valence-electron chi connectivity index (χ2n) is 7.27. The monoisotopic (exact) mass is 399 g/mol. The Hall–Kier alpha value is -3.14. The van der Waals surface area contributed by atoms with E-state index in [2.05, 4.69) is 19.9 Å². The van der Waals surface area contributed by atoms with E-state index in [0.717, 1.165) is 13.1 Å². The molecule has 3 heterocycles. The molecule has 154 valence electrons. The third-order valence-electron chi connectivity index (χ3n) is 4.92. The summed E-state index contributed by atoms with van der Waals surface area (Å²) >= 11 is 0. The lowest BCUT2D eigenvalue weighted by molar-refractivity contribution is -0.143. The molecule has 0 saturated carbocycles. The number of rotatable bonds is 4. The summed E-state index contributed by atoms with van der Waals surface area (Å²) in [5.41, 5.74) is 5.79. The number of nitrogen functional groups attached to an aromatic ring is 1. The number of para-hydroxylation sites is 2. The second-order valence-corrected chi connectivity index (χ2v) is 7.27. The van der Waals surface area contributed by atoms with Gasteiger partial charge >= 0.3 is 0 Å². The van der Waals surface area contributed by atoms with Crippen LogP contribution < -0.4 is 20.1 Å². The number of amides is 1. The number of nitrogens with zero attached hydrogens (tertiary/aromatic N) is 6. The summed E-state index contributed by atoms with van der Waals surface area (Å²) in [6.45, 7) is 3.46. The standard InChI is InChI=1S/C19H25N7O3/c1-24(2)19-22-16(21-18(20)23-19)11-25-7-9-26(10-8-25)17(27)15-12-28-13-5-3-4-6-14(13)29-15/h3-6,15H,7-12H2,1-2H3,(H2,20,21,22,23)/t15-/m1/s1. The molecule has 0 unspecified atom stereocenters. The zero-order chi connectivity index (χ0) is 20.4. The number of aromatic nitrogens is 3. The number of ether oxygens (including phenoxy) is 2. The van der Waals surface area contributed by atoms with E-state index in [0.29, 0.717) is 42.9 Å². The van der Waals surface area contributed by atoms with Gasteiger partial charge in [-0.2, -0.15) is 15.0 Å². The number of piperazine rings is 1. The lowest BCUT2D eigenvalue weighted by Gasteiger charge is -2.36. The fraction of sp³-hybridized carbons (Fsp3) is 0.474. The van der Waals surface area contributed by atoms with Gasteiger partial charge in [-0.3, -0.25) is 9.69 Å². The molecule has 0 aliphatic carbocycles. The molecule has 29 heavy (non-hydrogen) atoms. The predicted molar refractivity (Wildman–Crippen MR) is 107 cm³/mol. The minimum atomic E-state index is -0.609. The summed E-state index contributed by atoms with van der Waals surface area (Å²) in [6, 6.07) is 7.40. The molecule has 0 radical (unpaired) electrons. The van der Waals surface area contributed by atoms with E-state index in [-0.39, 0.29) is 18.5 Å². The Morgan fingerprint density at radius 1 is 1.14 bits per heavy atom. The number of benzene rings is 1. The van der Waals surface area contributed by atoms with Crippen LogP contribution in [0.3, 0.4) is 0 Å². The van der Waals surface area contributed by atoms with Crippen molar-refractivity contribution in [2.24, 2.45) is 0 Å². The second kappa shape index (κ2) is 8.08. The van der Waals surface area contributed by atoms with Crippen molar-refractivity contribution in [1.29, 1.82) is 0 Å². The number of carbonyl (C=O) groups excluding carboxylic acids is 1. The number of fused-ring (bicyclic) bond motifs is 1. The zero-order valence-corrected chi connectivity index (χ0v) is 16.6. The van der Waals surface area contributed by atoms with Gasteiger partial charge < -0.3 is 25.0 Å². The Balaban J connectivity index is 1.32. The topological polar surface area (TPSA) is 110 Å². The van der Waals surface area contributed by atoms with E-state index in [9.17, 15) is 4.79 Å². The Morgan fingerprint density at radius 3 is 2.59 bits per heavy atom. The highest BCUT2D eigenvalue weighted by Gasteiger charge is 2.32. The van der Waals surface area contributed by atoms with Gasteiger partial charge in [-0.05, 0) is 12.1 Å². The first-order valence-corrected chi connectivity index (χ1v) is 9.57. The normalized spacial score (nSPS) is 19.1. The van der Waals surface area contributed by atoms with Crippen LogP contribution in [0.15, 0.2) is 24.3 Å². The molecule has 2 aliphatic heterocycles. The van der Waals surface area contributed by atoms with Crippen LogP contribution in [0.25, 0.3) is 0 Å². The van der Waals surface area contributed by atoms with Gasteiger partial charge in [0, 0.05) is 40.3 Å². The van der Waals surface area contributed by atoms with E-state index in [1.54, 1.807) is 4.90 Å². The maximum Gasteiger partial charge on any atom is 0.267 e. The van der Waals surface area contributed by atoms with Gasteiger partial charge in [-0.15, -0.1) is 0 Å². The van der Waals surface area contributed by atoms with E-state index in [1.165, 1.54) is 0 Å². The van der Waals surface area contributed by atoms with E-state index < -0.39 is 6.10 Å². The number of carbonyl (C=O) groups is 1. The van der Waals surface area contributed by atoms with Crippen LogP contribution in [-0.4, -0.2) is 83.6 Å². The van der Waals surface area contributed by atoms with E-state index in [1.807, 2.05) is 43.3 Å². The smallest absolute Gasteiger partial charge is 0.267 e. The Bertz CT molecular complexity index is 884. The van der Waals surface area contributed by atoms with Crippen LogP contribution in [0.4, 0.5) is 11.9 Å². The predicted octanol–water partition coefficient (Wildman–Crippen LogP) is 0.00400. The first-order chi connectivity index (χ1) is 14.0. The van der Waals surface area contributed by atoms with Crippen LogP contribution in [0, 0.1) is 0 Å². The molecule has 0 bridgehead atoms. The fourth-order valence-electron chi connectivity index (χ4n) is 3.37. The van der Waals surface area contributed by atoms with Crippen molar-refractivity contribution in [3.8, 4) is 11.5 Å². The number of hydrogen-bond acceptors (Lipinski definition) is 9. The molecular weight excluding hydrogens is 374 g/mol. The minimum absolute atomic E-state index is 0.0431. The SMILES string of the molecule is CN(C)c1nc(N)nc(CN2CCN(C(=O)[C@H]3COc4ccccc4O3)CC2)n1. The Kier molecular flexibility index (Phi) is 5.34. The van der Waals surface area contributed by atoms with Crippen LogP contribution in [0.1, 0.15) is 5.82 Å². The molecule has 1 amide bonds. The molecule has 10 heteroatoms. The molecule has 1 aromatic carbocycles. The Labute approximate surface area is 169 Å². The highest BCUT2D eigenvalue weighted by molar-refractivity contribution is 5.82. The fourth-order valence-corrected chi connectivity index (χ4v) is 3.37. The van der Waals surface area contributed by atoms with Crippen molar-refractivity contribution in [2.75, 3.05) is 57.5 Å². The Morgan fingerprint density at radius 2 is 1.86 bits per heavy atom. The third kappa shape index (κ3) is 4.32. The van der Waals surface area contributed by atoms with Crippen LogP contribution in [0.2, 0.25) is 0 Å². The first kappa shape index (κ1) is 19.2. The summed E-state index contributed by atoms with van der Waals surface area (Å²) < 4.78 is 11.5. The van der Waals surface area contributed by atoms with Crippen molar-refractivity contribution in [2.45, 2.75) is 12.6 Å². The van der Waals surface area contributed by atoms with Gasteiger partial charge in [-0.25, -0.2) is 0 Å². The van der Waals surface area contributed by atoms with Gasteiger partial charge in [0.2, 0.25) is 18.0 Å². The summed E-state index contributed by atoms with van der Waals surface area (Å²) in [5, 5.41) is 0. The molecule has 2 N–H and O–H groups in total. The van der Waals surface area contributed by atoms with Gasteiger partial charge in [0.15, 0.2) is 11.5 Å². The molecule has 1 aromatic heterocycles. The van der Waals surface area contributed by atoms with Crippen molar-refractivity contribution in [1.82, 2.24) is 24.8 Å². The third-order valence-corrected chi connectivity index (χ3v) is 4.92. The highest BCUT2D eigenvalue weighted by atomic mass is 16.6. The van der Waals surface area contributed by atoms with Crippen molar-refractivity contribution in [3.63, 3.8) is 0 Å². The number of hydrogen-bond donors (Lipinski definition) is 1. The maximum absolute atomic E-state index is 12.8. The van der Waals surface area contributed by atoms with E-state index >= 15 is 0 Å². The molecule has 1 saturated heterocycles. The minimum Gasteiger partial charge on any atom is -0.485 e. The highest BCUT2D eigenvalue weighted by Crippen LogP contribution is 2.31. The summed E-state index contributed by atoms with van der Waals surface area (Å²) in [5.74, 6) is 2.62. The van der Waals surface area contributed by atoms with Crippen LogP contribution >= 0.6 is 0 Å². The lowest BCUT2D eigenvalue weighted by Crippen LogP contribution is -2.53. The van der Waals surface area contributed by atoms with E-state index in [4.69, 9.17) is 15.2 Å². The summed E-state index contributed by atoms with van der Waals surface area (Å²) in [7, 11) is 3.72. The zero-order valence-electron chi connectivity index (χ0n) is 16.6. The van der Waals surface area contributed by atoms with Gasteiger partial charge in [0.25, 0.3) is 5.91 Å². The van der Waals surface area contributed by atoms with Crippen molar-refractivity contribution in [3.05, 3.63) is 30.1 Å². The molecular formula is C19H25N7O3.